The van der Waals surface area contributed by atoms with Crippen molar-refractivity contribution in [3.05, 3.63) is 258 Å². The summed E-state index contributed by atoms with van der Waals surface area (Å²) in [5.74, 6) is -0.602. The molecular weight excluding hydrogens is 2010 g/mol. The molecule has 10 N–H and O–H groups in total. The number of benzene rings is 5. The molecule has 0 radical (unpaired) electrons. The molecule has 0 bridgehead atoms. The van der Waals surface area contributed by atoms with Crippen LogP contribution in [-0.2, 0) is 42.3 Å². The Morgan fingerprint density at radius 1 is 0.348 bits per heavy atom. The van der Waals surface area contributed by atoms with Crippen molar-refractivity contribution in [2.75, 3.05) is 51.7 Å². The van der Waals surface area contributed by atoms with Gasteiger partial charge in [0, 0.05) is 83.6 Å². The number of esters is 5. The number of hydrogen-bond donors (Lipinski definition) is 5. The van der Waals surface area contributed by atoms with Gasteiger partial charge in [0.2, 0.25) is 0 Å². The van der Waals surface area contributed by atoms with Crippen molar-refractivity contribution < 1.29 is 88.2 Å². The van der Waals surface area contributed by atoms with Crippen LogP contribution in [-0.4, -0.2) is 142 Å². The van der Waals surface area contributed by atoms with Crippen LogP contribution in [0.15, 0.2) is 195 Å². The second kappa shape index (κ2) is 47.1. The van der Waals surface area contributed by atoms with Crippen molar-refractivity contribution in [3.63, 3.8) is 0 Å². The van der Waals surface area contributed by atoms with E-state index >= 15 is 0 Å². The lowest BCUT2D eigenvalue weighted by Crippen LogP contribution is -2.41. The number of carbonyl (C=O) groups excluding carboxylic acids is 5. The van der Waals surface area contributed by atoms with E-state index in [1.165, 1.54) is 77.5 Å². The first-order valence-corrected chi connectivity index (χ1v) is 48.7. The molecule has 5 aromatic carbocycles. The van der Waals surface area contributed by atoms with Gasteiger partial charge in [-0.05, 0) is 357 Å². The van der Waals surface area contributed by atoms with E-state index in [1.807, 2.05) is 69.4 Å². The summed E-state index contributed by atoms with van der Waals surface area (Å²) in [7, 11) is -0.547. The van der Waals surface area contributed by atoms with E-state index in [-0.39, 0.29) is 69.0 Å². The van der Waals surface area contributed by atoms with Gasteiger partial charge in [0.1, 0.15) is 86.2 Å². The molecule has 0 aliphatic carbocycles. The summed E-state index contributed by atoms with van der Waals surface area (Å²) in [5, 5.41) is 0. The highest BCUT2D eigenvalue weighted by atomic mass is 79.9. The van der Waals surface area contributed by atoms with Crippen molar-refractivity contribution in [2.45, 2.75) is 222 Å². The van der Waals surface area contributed by atoms with E-state index in [4.69, 9.17) is 71.0 Å². The van der Waals surface area contributed by atoms with Crippen LogP contribution in [0.5, 0.6) is 0 Å². The van der Waals surface area contributed by atoms with Gasteiger partial charge in [0.15, 0.2) is 0 Å². The predicted octanol–water partition coefficient (Wildman–Crippen LogP) is 23.9. The second-order valence-electron chi connectivity index (χ2n) is 39.0. The summed E-state index contributed by atoms with van der Waals surface area (Å²) in [5.41, 5.74) is 33.3. The first kappa shape index (κ1) is 113. The third-order valence-corrected chi connectivity index (χ3v) is 24.1. The lowest BCUT2D eigenvalue weighted by molar-refractivity contribution is 0.00518. The number of aromatic nitrogens is 5. The molecule has 0 saturated carbocycles. The van der Waals surface area contributed by atoms with Crippen LogP contribution in [0.4, 0.5) is 51.0 Å². The summed E-state index contributed by atoms with van der Waals surface area (Å²) < 4.78 is 122. The minimum Gasteiger partial charge on any atom is -0.456 e. The molecule has 5 aromatic heterocycles. The Morgan fingerprint density at radius 2 is 0.652 bits per heavy atom. The number of ether oxygens (including phenoxy) is 5. The van der Waals surface area contributed by atoms with E-state index < -0.39 is 94.1 Å². The fourth-order valence-electron chi connectivity index (χ4n) is 12.8. The summed E-state index contributed by atoms with van der Waals surface area (Å²) >= 11 is 13.6. The highest BCUT2D eigenvalue weighted by Crippen LogP contribution is 2.42. The number of hydrogen-bond acceptors (Lipinski definition) is 26. The number of pyridine rings is 5. The maximum atomic E-state index is 14.6. The number of nitrogens with zero attached hydrogens (tertiary/aromatic N) is 5. The molecule has 0 amide bonds. The molecule has 14 rings (SSSR count). The van der Waals surface area contributed by atoms with Crippen LogP contribution in [0.2, 0.25) is 0 Å². The van der Waals surface area contributed by atoms with Crippen molar-refractivity contribution in [2.24, 2.45) is 0 Å². The van der Waals surface area contributed by atoms with Gasteiger partial charge in [-0.15, -0.1) is 0 Å². The Hall–Kier alpha value is -10.6. The molecule has 10 aromatic rings. The zero-order valence-corrected chi connectivity index (χ0v) is 88.2. The van der Waals surface area contributed by atoms with Gasteiger partial charge in [-0.25, -0.2) is 70.8 Å². The lowest BCUT2D eigenvalue weighted by Gasteiger charge is -2.32. The number of carbonyl (C=O) groups is 5. The molecule has 36 heteroatoms. The van der Waals surface area contributed by atoms with Crippen LogP contribution in [0.25, 0.3) is 50.1 Å². The van der Waals surface area contributed by atoms with Gasteiger partial charge in [-0.2, -0.15) is 23.5 Å². The van der Waals surface area contributed by atoms with Gasteiger partial charge in [0.05, 0.1) is 50.2 Å². The van der Waals surface area contributed by atoms with Gasteiger partial charge in [-0.3, -0.25) is 0 Å². The van der Waals surface area contributed by atoms with Crippen LogP contribution in [0, 0.1) is 29.1 Å². The third-order valence-electron chi connectivity index (χ3n) is 20.9. The summed E-state index contributed by atoms with van der Waals surface area (Å²) in [6.45, 7) is 42.5. The smallest absolute Gasteiger partial charge is 0.456 e. The molecular formula is C102H120B2Br3F5N10O14S2. The first-order valence-electron chi connectivity index (χ1n) is 44.0. The second-order valence-corrected chi connectivity index (χ2v) is 44.0. The van der Waals surface area contributed by atoms with Crippen LogP contribution in [0.3, 0.4) is 0 Å². The molecule has 736 valence electrons. The summed E-state index contributed by atoms with van der Waals surface area (Å²) in [6.07, 6.45) is 14.6. The monoisotopic (exact) mass is 2130 g/mol. The number of thioether (sulfide) groups is 2. The molecule has 2 fully saturated rings. The molecule has 4 aliphatic heterocycles. The summed E-state index contributed by atoms with van der Waals surface area (Å²) in [4.78, 5) is 79.7. The van der Waals surface area contributed by atoms with Crippen molar-refractivity contribution in [1.82, 2.24) is 24.9 Å². The van der Waals surface area contributed by atoms with Crippen molar-refractivity contribution in [3.8, 4) is 44.5 Å². The minimum atomic E-state index is -0.697. The van der Waals surface area contributed by atoms with Crippen molar-refractivity contribution >= 4 is 156 Å². The van der Waals surface area contributed by atoms with Crippen molar-refractivity contribution in [1.29, 1.82) is 0 Å². The molecule has 0 spiro atoms. The molecule has 138 heavy (non-hydrogen) atoms. The predicted molar refractivity (Wildman–Crippen MR) is 552 cm³/mol. The van der Waals surface area contributed by atoms with Gasteiger partial charge in [-0.1, -0.05) is 58.4 Å². The number of halogens is 8. The zero-order chi connectivity index (χ0) is 103. The third kappa shape index (κ3) is 33.0. The molecule has 24 nitrogen and oxygen atoms in total. The number of anilines is 5. The van der Waals surface area contributed by atoms with Gasteiger partial charge >= 0.3 is 44.1 Å². The largest absolute Gasteiger partial charge is 0.498 e. The lowest BCUT2D eigenvalue weighted by atomic mass is 9.76. The van der Waals surface area contributed by atoms with E-state index in [9.17, 15) is 45.9 Å². The number of nitrogens with two attached hydrogens (primary N) is 5. The zero-order valence-electron chi connectivity index (χ0n) is 81.8. The summed E-state index contributed by atoms with van der Waals surface area (Å²) in [6, 6.07) is 34.0. The van der Waals surface area contributed by atoms with E-state index in [0.29, 0.717) is 66.4 Å². The Bertz CT molecular complexity index is 5970. The minimum absolute atomic E-state index is 0.0480. The Balaban J connectivity index is 0.000000199. The fraction of sp³-hybridized carbons (Fsp3) is 0.373. The van der Waals surface area contributed by atoms with Gasteiger partial charge in [0.25, 0.3) is 0 Å². The average molecular weight is 2130 g/mol. The number of nitrogen functional groups attached to an aromatic ring is 5. The quantitative estimate of drug-likeness (QED) is 0.0328. The average Bonchev–Trinajstić information content (AvgIpc) is 1.61. The van der Waals surface area contributed by atoms with E-state index in [0.717, 1.165) is 50.1 Å². The first-order chi connectivity index (χ1) is 63.9. The SMILES string of the molecule is CC(C)(C)OC(=O)c1ccc(-c2cc(Br)cnc2N)cc1F.CC(C)(C)OC(=O)c1ccc(-c2cc(Br)cnc2N)cc1F.CC(C)(C)OC(=O)c1ccc(-c2cc(C3=CCSCC3)cnc2N)cc1F.CC(C)(C)OC(=O)c1ccc(-c2cccnc2N)cc1F.CC(C)(C)OC(=O)c1ccc(Br)cc1F.CC1(C)OB(C2=CCSCC2)OC1(C)C.CC1(C)OB(c2cccnc2N)OC1(C)C. The molecule has 9 heterocycles. The molecule has 0 unspecified atom stereocenters. The maximum absolute atomic E-state index is 14.6. The Labute approximate surface area is 839 Å². The van der Waals surface area contributed by atoms with Crippen LogP contribution < -0.4 is 34.1 Å². The highest BCUT2D eigenvalue weighted by molar-refractivity contribution is 9.11. The Morgan fingerprint density at radius 3 is 0.971 bits per heavy atom. The van der Waals surface area contributed by atoms with Crippen LogP contribution >= 0.6 is 71.3 Å². The highest BCUT2D eigenvalue weighted by Gasteiger charge is 2.54. The maximum Gasteiger partial charge on any atom is 0.498 e. The topological polar surface area (TPSA) is 363 Å². The number of allylic oxidation sites excluding steroid dienone is 2. The normalized spacial score (nSPS) is 15.2. The van der Waals surface area contributed by atoms with Gasteiger partial charge < -0.3 is 71.0 Å². The van der Waals surface area contributed by atoms with E-state index in [2.05, 4.69) is 113 Å². The molecule has 0 atom stereocenters. The number of rotatable bonds is 12. The van der Waals surface area contributed by atoms with E-state index in [1.54, 1.807) is 189 Å². The fourth-order valence-corrected chi connectivity index (χ4v) is 15.5. The standard InChI is InChI=1S/C21H23FN2O2S.2C16H16BrFN2O2.C16H17FN2O2.C11H17BN2O2.C11H19BO2S.C11H12BrFO2/c1-21(2,3)26-20(25)16-5-4-14(11-18(16)22)17-10-15(12-24-19(17)23)13-6-8-27-9-7-13;2*1-16(2,3)22-15(21)11-5-4-9(6-13(11)18)12-7-10(17)8-20-14(12)19;1-16(2,3)21-15(20)12-7-6-10(9-13(12)17)11-5-4-8-19-14(11)18;1-10(2)11(3,4)16-12(15-10)8-6-5-7-14-9(8)13;1-10(2)11(3,4)14-12(13-10)9-5-7-15-8-6-9;1-11(2,3)15-10(14)8-5-4-7(12)6-9(8)13/h4-6,10-12H,7-9H2,1-3H3,(H2,23,24);2*4-8H,1-3H3,(H2,19,20);4-9H,1-3H3,(H2,18,19);5-7H,1-4H3,(H2,13,14);5H,6-8H2,1-4H3;4-6H,1-3H3. The Kier molecular flexibility index (Phi) is 38.5. The van der Waals surface area contributed by atoms with Crippen LogP contribution in [0.1, 0.15) is 229 Å². The molecule has 2 saturated heterocycles. The molecule has 4 aliphatic rings.